The Kier molecular flexibility index (Phi) is 6.08. The molecule has 0 unspecified atom stereocenters. The summed E-state index contributed by atoms with van der Waals surface area (Å²) in [7, 11) is 0. The van der Waals surface area contributed by atoms with Crippen molar-refractivity contribution in [2.75, 3.05) is 11.9 Å². The smallest absolute Gasteiger partial charge is 0.341 e. The number of nitrogens with one attached hydrogen (secondary N) is 1. The number of carboxylic acids is 1. The molecule has 0 fully saturated rings. The Hall–Kier alpha value is -2.45. The molecule has 2 heterocycles. The van der Waals surface area contributed by atoms with E-state index in [4.69, 9.17) is 4.74 Å². The highest BCUT2D eigenvalue weighted by molar-refractivity contribution is 7.17. The second-order valence-corrected chi connectivity index (χ2v) is 7.86. The third kappa shape index (κ3) is 4.12. The van der Waals surface area contributed by atoms with Crippen molar-refractivity contribution < 1.29 is 24.2 Å². The Morgan fingerprint density at radius 2 is 1.96 bits per heavy atom. The standard InChI is InChI=1S/C19H19NO5S2/c1-2-25-19(24)15-13(14-8-5-9-26-14)10-27-17(15)20-16(21)11-6-3-4-7-12(11)18(22)23/h3-5,8-12H,2,6-7H2,1H3,(H,20,21)(H,22,23)/t11-,12-/m0/s1. The molecular formula is C19H19NO5S2. The van der Waals surface area contributed by atoms with Crippen LogP contribution in [0.5, 0.6) is 0 Å². The van der Waals surface area contributed by atoms with E-state index in [2.05, 4.69) is 5.32 Å². The number of carbonyl (C=O) groups is 3. The summed E-state index contributed by atoms with van der Waals surface area (Å²) in [5.41, 5.74) is 1.03. The maximum atomic E-state index is 12.8. The summed E-state index contributed by atoms with van der Waals surface area (Å²) in [5.74, 6) is -3.32. The highest BCUT2D eigenvalue weighted by Gasteiger charge is 2.35. The maximum absolute atomic E-state index is 12.8. The van der Waals surface area contributed by atoms with E-state index in [-0.39, 0.29) is 6.61 Å². The van der Waals surface area contributed by atoms with Crippen molar-refractivity contribution in [2.45, 2.75) is 19.8 Å². The molecule has 2 atom stereocenters. The molecule has 0 aliphatic heterocycles. The molecule has 1 amide bonds. The number of allylic oxidation sites excluding steroid dienone is 2. The highest BCUT2D eigenvalue weighted by atomic mass is 32.1. The third-order valence-electron chi connectivity index (χ3n) is 4.38. The number of carbonyl (C=O) groups excluding carboxylic acids is 2. The van der Waals surface area contributed by atoms with Crippen LogP contribution < -0.4 is 5.32 Å². The van der Waals surface area contributed by atoms with Crippen molar-refractivity contribution in [3.8, 4) is 10.4 Å². The molecule has 27 heavy (non-hydrogen) atoms. The van der Waals surface area contributed by atoms with Crippen LogP contribution in [0.4, 0.5) is 5.00 Å². The van der Waals surface area contributed by atoms with Gasteiger partial charge in [0.05, 0.1) is 18.4 Å². The fourth-order valence-corrected chi connectivity index (χ4v) is 4.83. The van der Waals surface area contributed by atoms with Gasteiger partial charge < -0.3 is 15.2 Å². The summed E-state index contributed by atoms with van der Waals surface area (Å²) in [4.78, 5) is 37.6. The first-order valence-electron chi connectivity index (χ1n) is 8.54. The Balaban J connectivity index is 1.90. The van der Waals surface area contributed by atoms with Crippen molar-refractivity contribution in [1.82, 2.24) is 0 Å². The summed E-state index contributed by atoms with van der Waals surface area (Å²) in [6.07, 6.45) is 4.29. The number of aliphatic carboxylic acids is 1. The summed E-state index contributed by atoms with van der Waals surface area (Å²) in [6.45, 7) is 1.94. The van der Waals surface area contributed by atoms with Gasteiger partial charge in [-0.15, -0.1) is 22.7 Å². The van der Waals surface area contributed by atoms with Crippen LogP contribution in [0.25, 0.3) is 10.4 Å². The number of anilines is 1. The zero-order chi connectivity index (χ0) is 19.4. The quantitative estimate of drug-likeness (QED) is 0.553. The van der Waals surface area contributed by atoms with Gasteiger partial charge in [-0.3, -0.25) is 9.59 Å². The van der Waals surface area contributed by atoms with Crippen LogP contribution >= 0.6 is 22.7 Å². The molecular weight excluding hydrogens is 386 g/mol. The number of amides is 1. The molecule has 3 rings (SSSR count). The first kappa shape index (κ1) is 19.3. The average molecular weight is 405 g/mol. The van der Waals surface area contributed by atoms with Gasteiger partial charge in [0.2, 0.25) is 5.91 Å². The number of ether oxygens (including phenoxy) is 1. The molecule has 0 spiro atoms. The van der Waals surface area contributed by atoms with Crippen LogP contribution in [0.2, 0.25) is 0 Å². The zero-order valence-corrected chi connectivity index (χ0v) is 16.3. The summed E-state index contributed by atoms with van der Waals surface area (Å²) < 4.78 is 5.17. The largest absolute Gasteiger partial charge is 0.481 e. The molecule has 0 saturated carbocycles. The number of hydrogen-bond acceptors (Lipinski definition) is 6. The van der Waals surface area contributed by atoms with E-state index in [1.54, 1.807) is 13.0 Å². The van der Waals surface area contributed by atoms with Gasteiger partial charge in [0, 0.05) is 15.8 Å². The first-order valence-corrected chi connectivity index (χ1v) is 10.3. The Morgan fingerprint density at radius 3 is 2.59 bits per heavy atom. The van der Waals surface area contributed by atoms with Crippen LogP contribution in [-0.2, 0) is 14.3 Å². The van der Waals surface area contributed by atoms with E-state index in [1.807, 2.05) is 29.0 Å². The lowest BCUT2D eigenvalue weighted by atomic mass is 9.82. The van der Waals surface area contributed by atoms with Gasteiger partial charge in [-0.1, -0.05) is 18.2 Å². The molecule has 0 aromatic carbocycles. The third-order valence-corrected chi connectivity index (χ3v) is 6.18. The molecule has 1 aliphatic carbocycles. The van der Waals surface area contributed by atoms with Gasteiger partial charge >= 0.3 is 11.9 Å². The number of rotatable bonds is 6. The second kappa shape index (κ2) is 8.49. The van der Waals surface area contributed by atoms with E-state index >= 15 is 0 Å². The van der Waals surface area contributed by atoms with Crippen LogP contribution in [0.3, 0.4) is 0 Å². The average Bonchev–Trinajstić information content (AvgIpc) is 3.31. The number of hydrogen-bond donors (Lipinski definition) is 2. The predicted molar refractivity (Wildman–Crippen MR) is 105 cm³/mol. The van der Waals surface area contributed by atoms with Crippen molar-refractivity contribution in [2.24, 2.45) is 11.8 Å². The molecule has 1 aliphatic rings. The molecule has 0 bridgehead atoms. The van der Waals surface area contributed by atoms with E-state index in [9.17, 15) is 19.5 Å². The second-order valence-electron chi connectivity index (χ2n) is 6.03. The van der Waals surface area contributed by atoms with Crippen LogP contribution in [-0.4, -0.2) is 29.6 Å². The summed E-state index contributed by atoms with van der Waals surface area (Å²) in [5, 5.41) is 16.3. The lowest BCUT2D eigenvalue weighted by Gasteiger charge is -2.24. The Morgan fingerprint density at radius 1 is 1.22 bits per heavy atom. The topological polar surface area (TPSA) is 92.7 Å². The molecule has 6 nitrogen and oxygen atoms in total. The van der Waals surface area contributed by atoms with E-state index in [0.717, 1.165) is 4.88 Å². The Labute approximate surface area is 164 Å². The summed E-state index contributed by atoms with van der Waals surface area (Å²) in [6, 6.07) is 3.78. The normalized spacial score (nSPS) is 18.9. The lowest BCUT2D eigenvalue weighted by molar-refractivity contribution is -0.146. The van der Waals surface area contributed by atoms with Crippen molar-refractivity contribution in [1.29, 1.82) is 0 Å². The van der Waals surface area contributed by atoms with Crippen LogP contribution in [0.1, 0.15) is 30.1 Å². The van der Waals surface area contributed by atoms with Gasteiger partial charge in [-0.05, 0) is 31.2 Å². The molecule has 2 aromatic heterocycles. The van der Waals surface area contributed by atoms with Gasteiger partial charge in [-0.2, -0.15) is 0 Å². The van der Waals surface area contributed by atoms with Gasteiger partial charge in [-0.25, -0.2) is 4.79 Å². The lowest BCUT2D eigenvalue weighted by Crippen LogP contribution is -2.34. The zero-order valence-electron chi connectivity index (χ0n) is 14.6. The molecule has 0 radical (unpaired) electrons. The van der Waals surface area contributed by atoms with E-state index < -0.39 is 29.7 Å². The molecule has 0 saturated heterocycles. The molecule has 8 heteroatoms. The van der Waals surface area contributed by atoms with Crippen molar-refractivity contribution >= 4 is 45.5 Å². The minimum Gasteiger partial charge on any atom is -0.481 e. The van der Waals surface area contributed by atoms with E-state index in [0.29, 0.717) is 29.0 Å². The van der Waals surface area contributed by atoms with Crippen LogP contribution in [0, 0.1) is 11.8 Å². The monoisotopic (exact) mass is 405 g/mol. The number of esters is 1. The number of thiophene rings is 2. The van der Waals surface area contributed by atoms with Crippen molar-refractivity contribution in [3.05, 3.63) is 40.6 Å². The van der Waals surface area contributed by atoms with Gasteiger partial charge in [0.1, 0.15) is 10.6 Å². The molecule has 142 valence electrons. The SMILES string of the molecule is CCOC(=O)c1c(-c2cccs2)csc1NC(=O)[C@H]1CC=CC[C@@H]1C(=O)O. The first-order chi connectivity index (χ1) is 13.0. The Bertz CT molecular complexity index is 869. The van der Waals surface area contributed by atoms with E-state index in [1.165, 1.54) is 22.7 Å². The fourth-order valence-electron chi connectivity index (χ4n) is 3.05. The molecule has 2 aromatic rings. The summed E-state index contributed by atoms with van der Waals surface area (Å²) >= 11 is 2.73. The highest BCUT2D eigenvalue weighted by Crippen LogP contribution is 2.39. The van der Waals surface area contributed by atoms with Gasteiger partial charge in [0.25, 0.3) is 0 Å². The fraction of sp³-hybridized carbons (Fsp3) is 0.316. The maximum Gasteiger partial charge on any atom is 0.341 e. The van der Waals surface area contributed by atoms with Crippen LogP contribution in [0.15, 0.2) is 35.0 Å². The van der Waals surface area contributed by atoms with Crippen molar-refractivity contribution in [3.63, 3.8) is 0 Å². The molecule has 2 N–H and O–H groups in total. The van der Waals surface area contributed by atoms with Gasteiger partial charge in [0.15, 0.2) is 0 Å². The minimum absolute atomic E-state index is 0.223. The minimum atomic E-state index is -0.990. The predicted octanol–water partition coefficient (Wildman–Crippen LogP) is 4.26. The number of carboxylic acid groups (broad SMARTS) is 1.